The van der Waals surface area contributed by atoms with Crippen molar-refractivity contribution in [2.75, 3.05) is 18.5 Å². The number of nitrogens with one attached hydrogen (secondary N) is 2. The van der Waals surface area contributed by atoms with E-state index in [0.29, 0.717) is 11.4 Å². The molecule has 0 fully saturated rings. The van der Waals surface area contributed by atoms with Gasteiger partial charge in [-0.3, -0.25) is 4.79 Å². The molecule has 0 saturated carbocycles. The van der Waals surface area contributed by atoms with Crippen LogP contribution in [-0.2, 0) is 19.6 Å². The van der Waals surface area contributed by atoms with Crippen molar-refractivity contribution in [1.82, 2.24) is 4.72 Å². The lowest BCUT2D eigenvalue weighted by Gasteiger charge is -2.12. The highest BCUT2D eigenvalue weighted by Gasteiger charge is 2.20. The Labute approximate surface area is 180 Å². The number of ether oxygens (including phenoxy) is 2. The first kappa shape index (κ1) is 23.7. The SMILES string of the molecule is CCOC(=O)COc1cccc(NC(=O)c2cc(S(=O)(=O)NC(C)C)ccc2Cl)c1. The summed E-state index contributed by atoms with van der Waals surface area (Å²) in [6, 6.07) is 9.97. The Bertz CT molecular complexity index is 1020. The lowest BCUT2D eigenvalue weighted by atomic mass is 10.2. The van der Waals surface area contributed by atoms with Crippen LogP contribution in [0.3, 0.4) is 0 Å². The van der Waals surface area contributed by atoms with E-state index in [0.717, 1.165) is 0 Å². The van der Waals surface area contributed by atoms with Gasteiger partial charge in [0.2, 0.25) is 10.0 Å². The molecule has 0 atom stereocenters. The summed E-state index contributed by atoms with van der Waals surface area (Å²) in [5, 5.41) is 2.74. The van der Waals surface area contributed by atoms with Gasteiger partial charge in [-0.05, 0) is 51.1 Å². The number of amides is 1. The predicted octanol–water partition coefficient (Wildman–Crippen LogP) is 3.22. The van der Waals surface area contributed by atoms with E-state index in [9.17, 15) is 18.0 Å². The van der Waals surface area contributed by atoms with Gasteiger partial charge in [0.25, 0.3) is 5.91 Å². The fourth-order valence-electron chi connectivity index (χ4n) is 2.43. The Hall–Kier alpha value is -2.62. The molecule has 2 rings (SSSR count). The van der Waals surface area contributed by atoms with Crippen LogP contribution in [-0.4, -0.2) is 39.5 Å². The lowest BCUT2D eigenvalue weighted by Crippen LogP contribution is -2.30. The number of sulfonamides is 1. The van der Waals surface area contributed by atoms with Crippen LogP contribution in [0.1, 0.15) is 31.1 Å². The Morgan fingerprint density at radius 2 is 1.87 bits per heavy atom. The van der Waals surface area contributed by atoms with Crippen LogP contribution in [0.15, 0.2) is 47.4 Å². The number of carbonyl (C=O) groups is 2. The van der Waals surface area contributed by atoms with Crippen molar-refractivity contribution in [1.29, 1.82) is 0 Å². The largest absolute Gasteiger partial charge is 0.482 e. The monoisotopic (exact) mass is 454 g/mol. The number of carbonyl (C=O) groups excluding carboxylic acids is 2. The molecule has 8 nitrogen and oxygen atoms in total. The van der Waals surface area contributed by atoms with Crippen LogP contribution in [0.25, 0.3) is 0 Å². The number of anilines is 1. The molecule has 0 aliphatic rings. The van der Waals surface area contributed by atoms with E-state index < -0.39 is 21.9 Å². The second-order valence-electron chi connectivity index (χ2n) is 6.49. The van der Waals surface area contributed by atoms with E-state index in [4.69, 9.17) is 21.1 Å². The van der Waals surface area contributed by atoms with Crippen molar-refractivity contribution in [3.63, 3.8) is 0 Å². The third kappa shape index (κ3) is 6.72. The fraction of sp³-hybridized carbons (Fsp3) is 0.300. The highest BCUT2D eigenvalue weighted by molar-refractivity contribution is 7.89. The molecule has 1 amide bonds. The van der Waals surface area contributed by atoms with Crippen molar-refractivity contribution in [3.05, 3.63) is 53.1 Å². The minimum absolute atomic E-state index is 0.00106. The normalized spacial score (nSPS) is 11.2. The number of hydrogen-bond donors (Lipinski definition) is 2. The molecule has 2 aromatic rings. The zero-order valence-corrected chi connectivity index (χ0v) is 18.3. The van der Waals surface area contributed by atoms with Gasteiger partial charge in [-0.25, -0.2) is 17.9 Å². The Kier molecular flexibility index (Phi) is 8.22. The Balaban J connectivity index is 2.17. The van der Waals surface area contributed by atoms with Gasteiger partial charge in [0.05, 0.1) is 22.1 Å². The molecule has 0 spiro atoms. The minimum atomic E-state index is -3.78. The number of hydrogen-bond acceptors (Lipinski definition) is 6. The molecular weight excluding hydrogens is 432 g/mol. The molecule has 30 heavy (non-hydrogen) atoms. The van der Waals surface area contributed by atoms with Crippen LogP contribution in [0.4, 0.5) is 5.69 Å². The topological polar surface area (TPSA) is 111 Å². The standard InChI is InChI=1S/C20H23ClN2O6S/c1-4-28-19(24)12-29-15-7-5-6-14(10-15)22-20(25)17-11-16(8-9-18(17)21)30(26,27)23-13(2)3/h5-11,13,23H,4,12H2,1-3H3,(H,22,25). The van der Waals surface area contributed by atoms with Crippen molar-refractivity contribution in [3.8, 4) is 5.75 Å². The fourth-order valence-corrected chi connectivity index (χ4v) is 3.91. The third-order valence-electron chi connectivity index (χ3n) is 3.64. The molecule has 0 bridgehead atoms. The van der Waals surface area contributed by atoms with Crippen LogP contribution in [0.5, 0.6) is 5.75 Å². The van der Waals surface area contributed by atoms with Gasteiger partial charge in [0.15, 0.2) is 6.61 Å². The Morgan fingerprint density at radius 1 is 1.13 bits per heavy atom. The molecular formula is C20H23ClN2O6S. The van der Waals surface area contributed by atoms with Crippen molar-refractivity contribution in [2.24, 2.45) is 0 Å². The van der Waals surface area contributed by atoms with E-state index in [1.807, 2.05) is 0 Å². The van der Waals surface area contributed by atoms with Gasteiger partial charge < -0.3 is 14.8 Å². The second-order valence-corrected chi connectivity index (χ2v) is 8.61. The zero-order valence-electron chi connectivity index (χ0n) is 16.8. The summed E-state index contributed by atoms with van der Waals surface area (Å²) in [6.45, 7) is 5.06. The van der Waals surface area contributed by atoms with Crippen LogP contribution in [0, 0.1) is 0 Å². The highest BCUT2D eigenvalue weighted by atomic mass is 35.5. The molecule has 0 saturated heterocycles. The summed E-state index contributed by atoms with van der Waals surface area (Å²) >= 11 is 6.11. The maximum absolute atomic E-state index is 12.7. The zero-order chi connectivity index (χ0) is 22.3. The molecule has 162 valence electrons. The molecule has 0 aliphatic heterocycles. The smallest absolute Gasteiger partial charge is 0.344 e. The summed E-state index contributed by atoms with van der Waals surface area (Å²) in [4.78, 5) is 24.0. The predicted molar refractivity (Wildman–Crippen MR) is 113 cm³/mol. The van der Waals surface area contributed by atoms with Gasteiger partial charge >= 0.3 is 5.97 Å². The summed E-state index contributed by atoms with van der Waals surface area (Å²) in [6.07, 6.45) is 0. The van der Waals surface area contributed by atoms with Crippen LogP contribution >= 0.6 is 11.6 Å². The average Bonchev–Trinajstić information content (AvgIpc) is 2.66. The first-order valence-corrected chi connectivity index (χ1v) is 11.0. The van der Waals surface area contributed by atoms with Gasteiger partial charge in [-0.1, -0.05) is 17.7 Å². The number of rotatable bonds is 9. The van der Waals surface area contributed by atoms with Crippen LogP contribution in [0.2, 0.25) is 5.02 Å². The molecule has 0 aromatic heterocycles. The number of halogens is 1. The van der Waals surface area contributed by atoms with Crippen LogP contribution < -0.4 is 14.8 Å². The first-order chi connectivity index (χ1) is 14.1. The molecule has 2 N–H and O–H groups in total. The quantitative estimate of drug-likeness (QED) is 0.563. The molecule has 10 heteroatoms. The third-order valence-corrected chi connectivity index (χ3v) is 5.62. The number of benzene rings is 2. The van der Waals surface area contributed by atoms with E-state index >= 15 is 0 Å². The summed E-state index contributed by atoms with van der Waals surface area (Å²) in [5.41, 5.74) is 0.382. The summed E-state index contributed by atoms with van der Waals surface area (Å²) in [5.74, 6) is -0.750. The van der Waals surface area contributed by atoms with E-state index in [-0.39, 0.29) is 34.7 Å². The maximum Gasteiger partial charge on any atom is 0.344 e. The van der Waals surface area contributed by atoms with E-state index in [2.05, 4.69) is 10.0 Å². The van der Waals surface area contributed by atoms with Gasteiger partial charge in [-0.15, -0.1) is 0 Å². The van der Waals surface area contributed by atoms with Crippen molar-refractivity contribution < 1.29 is 27.5 Å². The molecule has 0 aliphatic carbocycles. The molecule has 0 unspecified atom stereocenters. The summed E-state index contributed by atoms with van der Waals surface area (Å²) in [7, 11) is -3.78. The van der Waals surface area contributed by atoms with E-state index in [1.54, 1.807) is 39.0 Å². The maximum atomic E-state index is 12.7. The van der Waals surface area contributed by atoms with Gasteiger partial charge in [0.1, 0.15) is 5.75 Å². The number of esters is 1. The first-order valence-electron chi connectivity index (χ1n) is 9.14. The highest BCUT2D eigenvalue weighted by Crippen LogP contribution is 2.23. The molecule has 0 radical (unpaired) electrons. The minimum Gasteiger partial charge on any atom is -0.482 e. The average molecular weight is 455 g/mol. The van der Waals surface area contributed by atoms with Gasteiger partial charge in [-0.2, -0.15) is 0 Å². The molecule has 0 heterocycles. The van der Waals surface area contributed by atoms with E-state index in [1.165, 1.54) is 24.3 Å². The van der Waals surface area contributed by atoms with Crippen molar-refractivity contribution >= 4 is 39.2 Å². The second kappa shape index (κ2) is 10.4. The molecule has 2 aromatic carbocycles. The van der Waals surface area contributed by atoms with Gasteiger partial charge in [0, 0.05) is 17.8 Å². The van der Waals surface area contributed by atoms with Crippen molar-refractivity contribution in [2.45, 2.75) is 31.7 Å². The lowest BCUT2D eigenvalue weighted by molar-refractivity contribution is -0.145. The summed E-state index contributed by atoms with van der Waals surface area (Å²) < 4.78 is 37.3. The Morgan fingerprint density at radius 3 is 2.53 bits per heavy atom.